The predicted octanol–water partition coefficient (Wildman–Crippen LogP) is 4.95. The first-order valence-electron chi connectivity index (χ1n) is 14.5. The van der Waals surface area contributed by atoms with E-state index in [1.54, 1.807) is 6.07 Å². The van der Waals surface area contributed by atoms with Gasteiger partial charge in [-0.2, -0.15) is 26.6 Å². The minimum atomic E-state index is -4.37. The van der Waals surface area contributed by atoms with Crippen LogP contribution in [0.2, 0.25) is 5.15 Å². The first-order chi connectivity index (χ1) is 21.2. The van der Waals surface area contributed by atoms with Crippen molar-refractivity contribution >= 4 is 27.5 Å². The van der Waals surface area contributed by atoms with Crippen LogP contribution in [0.3, 0.4) is 0 Å². The van der Waals surface area contributed by atoms with E-state index in [0.717, 1.165) is 25.8 Å². The summed E-state index contributed by atoms with van der Waals surface area (Å²) in [6, 6.07) is 8.46. The lowest BCUT2D eigenvalue weighted by atomic mass is 9.94. The van der Waals surface area contributed by atoms with Gasteiger partial charge in [0.1, 0.15) is 5.15 Å². The van der Waals surface area contributed by atoms with Gasteiger partial charge in [-0.3, -0.25) is 4.79 Å². The van der Waals surface area contributed by atoms with E-state index in [0.29, 0.717) is 12.5 Å². The molecule has 3 atom stereocenters. The van der Waals surface area contributed by atoms with Crippen LogP contribution in [-0.4, -0.2) is 65.5 Å². The summed E-state index contributed by atoms with van der Waals surface area (Å²) in [6.07, 6.45) is 0.547. The fourth-order valence-corrected chi connectivity index (χ4v) is 6.57. The van der Waals surface area contributed by atoms with Crippen molar-refractivity contribution in [3.63, 3.8) is 0 Å². The Balaban J connectivity index is 1.12. The second-order valence-corrected chi connectivity index (χ2v) is 13.9. The molecule has 1 saturated carbocycles. The van der Waals surface area contributed by atoms with Crippen molar-refractivity contribution in [3.05, 3.63) is 53.3 Å². The number of aromatic nitrogens is 4. The molecular formula is C29H34ClF3N6O5S. The highest BCUT2D eigenvalue weighted by atomic mass is 35.5. The minimum Gasteiger partial charge on any atom is -0.478 e. The standard InChI is InChI=1S/C29H34ClF3N6O5S/c1-28(2)16-18(17-34-28)5-4-13-43-23-6-3-7-25(36-23)45(41,42)38-27(40)20-8-9-22(35-26(20)30)39-12-10-24(37-39)44-14-11-19-15-21(19)29(31,32)33/h3,6-10,12,18-19,21,34H,4-5,11,13-17H2,1-2H3,(H,38,40). The first kappa shape index (κ1) is 32.9. The molecule has 0 aromatic carbocycles. The number of hydrogen-bond acceptors (Lipinski definition) is 9. The summed E-state index contributed by atoms with van der Waals surface area (Å²) in [7, 11) is -4.37. The van der Waals surface area contributed by atoms with E-state index < -0.39 is 39.0 Å². The Kier molecular flexibility index (Phi) is 9.61. The second kappa shape index (κ2) is 13.1. The molecule has 2 aliphatic rings. The lowest BCUT2D eigenvalue weighted by Gasteiger charge is -2.17. The molecule has 5 rings (SSSR count). The SMILES string of the molecule is CC1(C)CC(CCCOc2cccc(S(=O)(=O)NC(=O)c3ccc(-n4ccc(OCCC5CC5C(F)(F)F)n4)nc3Cl)n2)CN1. The number of amides is 1. The molecule has 45 heavy (non-hydrogen) atoms. The van der Waals surface area contributed by atoms with Crippen molar-refractivity contribution in [2.24, 2.45) is 17.8 Å². The molecule has 2 fully saturated rings. The number of alkyl halides is 3. The van der Waals surface area contributed by atoms with Gasteiger partial charge in [0.25, 0.3) is 15.9 Å². The van der Waals surface area contributed by atoms with Gasteiger partial charge in [-0.25, -0.2) is 14.4 Å². The number of nitrogens with zero attached hydrogens (tertiary/aromatic N) is 4. The number of halogens is 4. The van der Waals surface area contributed by atoms with Crippen LogP contribution in [0.25, 0.3) is 5.82 Å². The summed E-state index contributed by atoms with van der Waals surface area (Å²) in [6.45, 7) is 5.76. The maximum atomic E-state index is 12.9. The lowest BCUT2D eigenvalue weighted by molar-refractivity contribution is -0.151. The fourth-order valence-electron chi connectivity index (χ4n) is 5.41. The molecule has 1 aliphatic carbocycles. The first-order valence-corrected chi connectivity index (χ1v) is 16.4. The molecule has 0 bridgehead atoms. The third-order valence-electron chi connectivity index (χ3n) is 7.83. The van der Waals surface area contributed by atoms with E-state index in [2.05, 4.69) is 34.2 Å². The van der Waals surface area contributed by atoms with Crippen LogP contribution >= 0.6 is 11.6 Å². The summed E-state index contributed by atoms with van der Waals surface area (Å²) >= 11 is 6.22. The van der Waals surface area contributed by atoms with Crippen molar-refractivity contribution in [1.29, 1.82) is 0 Å². The molecular weight excluding hydrogens is 637 g/mol. The number of carbonyl (C=O) groups excluding carboxylic acids is 1. The number of pyridine rings is 2. The molecule has 3 aromatic rings. The Morgan fingerprint density at radius 2 is 1.89 bits per heavy atom. The van der Waals surface area contributed by atoms with Crippen molar-refractivity contribution in [1.82, 2.24) is 29.8 Å². The molecule has 2 N–H and O–H groups in total. The topological polar surface area (TPSA) is 137 Å². The zero-order chi connectivity index (χ0) is 32.4. The Morgan fingerprint density at radius 3 is 2.58 bits per heavy atom. The fraction of sp³-hybridized carbons (Fsp3) is 0.517. The third kappa shape index (κ3) is 8.64. The van der Waals surface area contributed by atoms with E-state index in [1.807, 2.05) is 4.72 Å². The highest BCUT2D eigenvalue weighted by Gasteiger charge is 2.55. The molecule has 1 amide bonds. The molecule has 3 aromatic heterocycles. The van der Waals surface area contributed by atoms with Crippen LogP contribution in [0.5, 0.6) is 11.8 Å². The molecule has 0 radical (unpaired) electrons. The van der Waals surface area contributed by atoms with Gasteiger partial charge in [-0.1, -0.05) is 17.7 Å². The number of nitrogens with one attached hydrogen (secondary N) is 2. The smallest absolute Gasteiger partial charge is 0.392 e. The number of carbonyl (C=O) groups is 1. The lowest BCUT2D eigenvalue weighted by Crippen LogP contribution is -2.31. The van der Waals surface area contributed by atoms with Gasteiger partial charge in [-0.15, -0.1) is 5.10 Å². The van der Waals surface area contributed by atoms with E-state index in [-0.39, 0.29) is 53.3 Å². The van der Waals surface area contributed by atoms with Crippen LogP contribution in [0.1, 0.15) is 56.3 Å². The molecule has 244 valence electrons. The molecule has 1 saturated heterocycles. The van der Waals surface area contributed by atoms with E-state index in [1.165, 1.54) is 41.2 Å². The Hall–Kier alpha value is -3.43. The molecule has 16 heteroatoms. The normalized spacial score (nSPS) is 21.0. The summed E-state index contributed by atoms with van der Waals surface area (Å²) in [5.41, 5.74) is -0.0654. The Bertz CT molecular complexity index is 1630. The van der Waals surface area contributed by atoms with Crippen LogP contribution < -0.4 is 19.5 Å². The van der Waals surface area contributed by atoms with Gasteiger partial charge in [-0.05, 0) is 82.5 Å². The van der Waals surface area contributed by atoms with Crippen molar-refractivity contribution < 1.29 is 35.9 Å². The molecule has 4 heterocycles. The number of sulfonamides is 1. The number of rotatable bonds is 13. The zero-order valence-electron chi connectivity index (χ0n) is 24.7. The predicted molar refractivity (Wildman–Crippen MR) is 158 cm³/mol. The summed E-state index contributed by atoms with van der Waals surface area (Å²) < 4.78 is 78.3. The Morgan fingerprint density at radius 1 is 1.11 bits per heavy atom. The quantitative estimate of drug-likeness (QED) is 0.191. The largest absolute Gasteiger partial charge is 0.478 e. The van der Waals surface area contributed by atoms with E-state index in [9.17, 15) is 26.4 Å². The molecule has 3 unspecified atom stereocenters. The average Bonchev–Trinajstić information content (AvgIpc) is 3.47. The van der Waals surface area contributed by atoms with Gasteiger partial charge in [0, 0.05) is 23.9 Å². The highest BCUT2D eigenvalue weighted by molar-refractivity contribution is 7.90. The number of ether oxygens (including phenoxy) is 2. The van der Waals surface area contributed by atoms with Gasteiger partial charge in [0.2, 0.25) is 11.8 Å². The summed E-state index contributed by atoms with van der Waals surface area (Å²) in [4.78, 5) is 21.0. The third-order valence-corrected chi connectivity index (χ3v) is 9.36. The van der Waals surface area contributed by atoms with E-state index in [4.69, 9.17) is 21.1 Å². The van der Waals surface area contributed by atoms with Gasteiger partial charge in [0.15, 0.2) is 10.8 Å². The van der Waals surface area contributed by atoms with Gasteiger partial charge >= 0.3 is 6.18 Å². The summed E-state index contributed by atoms with van der Waals surface area (Å²) in [5, 5.41) is 6.98. The minimum absolute atomic E-state index is 0.0802. The average molecular weight is 671 g/mol. The monoisotopic (exact) mass is 670 g/mol. The zero-order valence-corrected chi connectivity index (χ0v) is 26.3. The Labute approximate surface area is 263 Å². The van der Waals surface area contributed by atoms with Gasteiger partial charge < -0.3 is 14.8 Å². The molecule has 1 aliphatic heterocycles. The van der Waals surface area contributed by atoms with Crippen LogP contribution in [-0.2, 0) is 10.0 Å². The summed E-state index contributed by atoms with van der Waals surface area (Å²) in [5.74, 6) is -1.65. The van der Waals surface area contributed by atoms with Crippen molar-refractivity contribution in [2.75, 3.05) is 19.8 Å². The van der Waals surface area contributed by atoms with Crippen LogP contribution in [0.15, 0.2) is 47.6 Å². The molecule has 0 spiro atoms. The van der Waals surface area contributed by atoms with Crippen molar-refractivity contribution in [3.8, 4) is 17.6 Å². The molecule has 11 nitrogen and oxygen atoms in total. The second-order valence-electron chi connectivity index (χ2n) is 12.0. The highest BCUT2D eigenvalue weighted by Crippen LogP contribution is 2.51. The number of hydrogen-bond donors (Lipinski definition) is 2. The van der Waals surface area contributed by atoms with Crippen molar-refractivity contribution in [2.45, 2.75) is 62.7 Å². The van der Waals surface area contributed by atoms with Crippen LogP contribution in [0, 0.1) is 17.8 Å². The maximum absolute atomic E-state index is 12.9. The van der Waals surface area contributed by atoms with Gasteiger partial charge in [0.05, 0.1) is 24.7 Å². The maximum Gasteiger partial charge on any atom is 0.392 e. The van der Waals surface area contributed by atoms with E-state index >= 15 is 0 Å². The van der Waals surface area contributed by atoms with Crippen LogP contribution in [0.4, 0.5) is 13.2 Å².